The number of hydrogen-bond donors (Lipinski definition) is 1. The number of unbranched alkanes of at least 4 members (excludes halogenated alkanes) is 3. The van der Waals surface area contributed by atoms with Gasteiger partial charge < -0.3 is 15.2 Å². The van der Waals surface area contributed by atoms with Gasteiger partial charge in [-0.25, -0.2) is 9.97 Å². The molecule has 0 spiro atoms. The third-order valence-corrected chi connectivity index (χ3v) is 7.66. The Morgan fingerprint density at radius 3 is 2.82 bits per heavy atom. The van der Waals surface area contributed by atoms with Crippen LogP contribution in [0.2, 0.25) is 0 Å². The van der Waals surface area contributed by atoms with Crippen molar-refractivity contribution in [2.24, 2.45) is 0 Å². The van der Waals surface area contributed by atoms with Crippen LogP contribution in [-0.2, 0) is 11.8 Å². The molecule has 0 unspecified atom stereocenters. The van der Waals surface area contributed by atoms with Gasteiger partial charge in [-0.2, -0.15) is 10.2 Å². The van der Waals surface area contributed by atoms with Crippen molar-refractivity contribution in [1.29, 1.82) is 5.26 Å². The molecule has 1 aliphatic rings. The van der Waals surface area contributed by atoms with Gasteiger partial charge in [0.2, 0.25) is 17.7 Å². The number of fused-ring (bicyclic) bond motifs is 1. The van der Waals surface area contributed by atoms with Crippen molar-refractivity contribution in [3.05, 3.63) is 34.2 Å². The first-order chi connectivity index (χ1) is 16.5. The van der Waals surface area contributed by atoms with Crippen LogP contribution in [0.25, 0.3) is 11.5 Å². The average molecular weight is 480 g/mol. The molecule has 3 heterocycles. The number of hydrogen-bond acceptors (Lipinski definition) is 9. The fourth-order valence-electron chi connectivity index (χ4n) is 4.80. The van der Waals surface area contributed by atoms with Crippen LogP contribution >= 0.6 is 11.3 Å². The van der Waals surface area contributed by atoms with E-state index in [1.54, 1.807) is 6.20 Å². The molecule has 2 N–H and O–H groups in total. The molecule has 3 aromatic heterocycles. The van der Waals surface area contributed by atoms with E-state index in [-0.39, 0.29) is 0 Å². The first-order valence-corrected chi connectivity index (χ1v) is 13.1. The molecule has 9 heteroatoms. The molecular formula is C25H33N7OS. The van der Waals surface area contributed by atoms with Gasteiger partial charge in [0, 0.05) is 29.7 Å². The van der Waals surface area contributed by atoms with E-state index >= 15 is 0 Å². The minimum Gasteiger partial charge on any atom is -0.389 e. The third kappa shape index (κ3) is 4.64. The SMILES string of the molecule is CCCCCCN(CCC)c1nccc(-c2noc([C@@]3(C)CCCc4sc(N)c(C#N)c43)n2)n1. The normalized spacial score (nSPS) is 17.4. The zero-order valence-corrected chi connectivity index (χ0v) is 21.1. The zero-order valence-electron chi connectivity index (χ0n) is 20.3. The minimum atomic E-state index is -0.540. The quantitative estimate of drug-likeness (QED) is 0.380. The topological polar surface area (TPSA) is 118 Å². The molecule has 180 valence electrons. The maximum absolute atomic E-state index is 9.73. The highest BCUT2D eigenvalue weighted by Crippen LogP contribution is 2.48. The largest absolute Gasteiger partial charge is 0.389 e. The lowest BCUT2D eigenvalue weighted by Crippen LogP contribution is -2.29. The summed E-state index contributed by atoms with van der Waals surface area (Å²) in [7, 11) is 0. The van der Waals surface area contributed by atoms with Gasteiger partial charge in [0.15, 0.2) is 0 Å². The Bertz CT molecular complexity index is 1160. The summed E-state index contributed by atoms with van der Waals surface area (Å²) < 4.78 is 5.79. The predicted molar refractivity (Wildman–Crippen MR) is 135 cm³/mol. The lowest BCUT2D eigenvalue weighted by atomic mass is 9.72. The Kier molecular flexibility index (Phi) is 7.47. The molecule has 0 aromatic carbocycles. The second-order valence-corrected chi connectivity index (χ2v) is 10.3. The van der Waals surface area contributed by atoms with Crippen LogP contribution in [0.5, 0.6) is 0 Å². The van der Waals surface area contributed by atoms with E-state index in [1.807, 2.05) is 6.07 Å². The van der Waals surface area contributed by atoms with E-state index in [0.717, 1.165) is 55.6 Å². The molecule has 0 bridgehead atoms. The highest BCUT2D eigenvalue weighted by atomic mass is 32.1. The average Bonchev–Trinajstić information content (AvgIpc) is 3.47. The summed E-state index contributed by atoms with van der Waals surface area (Å²) in [6.45, 7) is 8.30. The van der Waals surface area contributed by atoms with E-state index in [1.165, 1.54) is 30.6 Å². The van der Waals surface area contributed by atoms with Crippen LogP contribution in [-0.4, -0.2) is 33.2 Å². The Morgan fingerprint density at radius 2 is 2.06 bits per heavy atom. The van der Waals surface area contributed by atoms with E-state index in [9.17, 15) is 5.26 Å². The molecule has 1 aliphatic carbocycles. The van der Waals surface area contributed by atoms with Crippen LogP contribution in [0, 0.1) is 11.3 Å². The van der Waals surface area contributed by atoms with Gasteiger partial charge in [0.05, 0.1) is 11.0 Å². The second kappa shape index (κ2) is 10.5. The Morgan fingerprint density at radius 1 is 1.21 bits per heavy atom. The molecule has 0 radical (unpaired) electrons. The third-order valence-electron chi connectivity index (χ3n) is 6.58. The van der Waals surface area contributed by atoms with Crippen molar-refractivity contribution in [1.82, 2.24) is 20.1 Å². The summed E-state index contributed by atoms with van der Waals surface area (Å²) in [6, 6.07) is 4.11. The summed E-state index contributed by atoms with van der Waals surface area (Å²) in [5, 5.41) is 14.6. The van der Waals surface area contributed by atoms with Gasteiger partial charge in [0.25, 0.3) is 0 Å². The van der Waals surface area contributed by atoms with Gasteiger partial charge in [0.1, 0.15) is 16.8 Å². The molecule has 0 amide bonds. The van der Waals surface area contributed by atoms with Crippen molar-refractivity contribution in [3.63, 3.8) is 0 Å². The smallest absolute Gasteiger partial charge is 0.237 e. The van der Waals surface area contributed by atoms with Gasteiger partial charge in [-0.3, -0.25) is 0 Å². The fraction of sp³-hybridized carbons (Fsp3) is 0.560. The maximum atomic E-state index is 9.73. The van der Waals surface area contributed by atoms with Crippen LogP contribution in [0.1, 0.15) is 87.6 Å². The van der Waals surface area contributed by atoms with Crippen molar-refractivity contribution in [2.75, 3.05) is 23.7 Å². The van der Waals surface area contributed by atoms with Gasteiger partial charge in [-0.1, -0.05) is 38.3 Å². The van der Waals surface area contributed by atoms with Crippen molar-refractivity contribution < 1.29 is 4.52 Å². The molecule has 8 nitrogen and oxygen atoms in total. The molecule has 1 atom stereocenters. The number of nitriles is 1. The molecule has 0 saturated carbocycles. The lowest BCUT2D eigenvalue weighted by molar-refractivity contribution is 0.300. The number of aryl methyl sites for hydroxylation is 1. The number of nitrogens with zero attached hydrogens (tertiary/aromatic N) is 6. The number of anilines is 2. The monoisotopic (exact) mass is 479 g/mol. The molecule has 0 aliphatic heterocycles. The van der Waals surface area contributed by atoms with E-state index in [0.29, 0.717) is 33.9 Å². The molecule has 4 rings (SSSR count). The molecule has 3 aromatic rings. The van der Waals surface area contributed by atoms with Gasteiger partial charge in [-0.15, -0.1) is 11.3 Å². The second-order valence-electron chi connectivity index (χ2n) is 9.15. The number of nitrogens with two attached hydrogens (primary N) is 1. The lowest BCUT2D eigenvalue weighted by Gasteiger charge is -2.30. The number of nitrogen functional groups attached to an aromatic ring is 1. The minimum absolute atomic E-state index is 0.441. The zero-order chi connectivity index (χ0) is 24.1. The van der Waals surface area contributed by atoms with Crippen LogP contribution in [0.15, 0.2) is 16.8 Å². The Hall–Kier alpha value is -2.99. The Labute approximate surface area is 205 Å². The number of aromatic nitrogens is 4. The highest BCUT2D eigenvalue weighted by Gasteiger charge is 2.43. The maximum Gasteiger partial charge on any atom is 0.237 e. The van der Waals surface area contributed by atoms with E-state index in [4.69, 9.17) is 20.2 Å². The van der Waals surface area contributed by atoms with E-state index in [2.05, 4.69) is 41.9 Å². The van der Waals surface area contributed by atoms with Crippen LogP contribution in [0.4, 0.5) is 10.9 Å². The predicted octanol–water partition coefficient (Wildman–Crippen LogP) is 5.48. The standard InChI is InChI=1S/C25H33N7OS/c1-4-6-7-8-15-32(14-5-2)24-28-13-11-18(29-24)22-30-23(33-31-22)25(3)12-9-10-19-20(25)17(16-26)21(27)34-19/h11,13H,4-10,12,14-15,27H2,1-3H3/t25-/m0/s1. The Balaban J connectivity index is 1.62. The summed E-state index contributed by atoms with van der Waals surface area (Å²) in [5.41, 5.74) is 7.75. The molecular weight excluding hydrogens is 446 g/mol. The van der Waals surface area contributed by atoms with Gasteiger partial charge in [-0.05, 0) is 45.1 Å². The summed E-state index contributed by atoms with van der Waals surface area (Å²) in [5.74, 6) is 1.64. The molecule has 0 saturated heterocycles. The van der Waals surface area contributed by atoms with E-state index < -0.39 is 5.41 Å². The first kappa shape index (κ1) is 24.1. The van der Waals surface area contributed by atoms with Crippen molar-refractivity contribution in [3.8, 4) is 17.6 Å². The number of thiophene rings is 1. The van der Waals surface area contributed by atoms with Crippen molar-refractivity contribution >= 4 is 22.3 Å². The molecule has 0 fully saturated rings. The van der Waals surface area contributed by atoms with Crippen LogP contribution in [0.3, 0.4) is 0 Å². The van der Waals surface area contributed by atoms with Gasteiger partial charge >= 0.3 is 0 Å². The number of rotatable bonds is 10. The highest BCUT2D eigenvalue weighted by molar-refractivity contribution is 7.16. The van der Waals surface area contributed by atoms with Crippen LogP contribution < -0.4 is 10.6 Å². The fourth-order valence-corrected chi connectivity index (χ4v) is 5.99. The summed E-state index contributed by atoms with van der Waals surface area (Å²) in [4.78, 5) is 17.5. The summed E-state index contributed by atoms with van der Waals surface area (Å²) >= 11 is 1.50. The first-order valence-electron chi connectivity index (χ1n) is 12.3. The molecule has 34 heavy (non-hydrogen) atoms. The summed E-state index contributed by atoms with van der Waals surface area (Å²) in [6.07, 6.45) is 10.3. The van der Waals surface area contributed by atoms with Crippen molar-refractivity contribution in [2.45, 2.75) is 77.6 Å².